The molecule has 1 aromatic heterocycles. The molecule has 2 amide bonds. The maximum absolute atomic E-state index is 12.1. The summed E-state index contributed by atoms with van der Waals surface area (Å²) in [4.78, 5) is 16.6. The van der Waals surface area contributed by atoms with Crippen LogP contribution < -0.4 is 15.4 Å². The van der Waals surface area contributed by atoms with Gasteiger partial charge in [0.25, 0.3) is 0 Å². The molecule has 0 saturated heterocycles. The molecule has 3 rings (SSSR count). The molecule has 5 nitrogen and oxygen atoms in total. The number of carbonyl (C=O) groups excluding carboxylic acids is 1. The van der Waals surface area contributed by atoms with Crippen molar-refractivity contribution in [3.05, 3.63) is 71.2 Å². The number of hydrogen-bond acceptors (Lipinski definition) is 4. The maximum atomic E-state index is 12.1. The van der Waals surface area contributed by atoms with E-state index < -0.39 is 0 Å². The highest BCUT2D eigenvalue weighted by molar-refractivity contribution is 7.14. The number of carbonyl (C=O) groups is 1. The first-order valence-electron chi connectivity index (χ1n) is 8.71. The van der Waals surface area contributed by atoms with E-state index in [0.29, 0.717) is 17.4 Å². The van der Waals surface area contributed by atoms with E-state index in [0.717, 1.165) is 17.0 Å². The Hall–Kier alpha value is -2.86. The van der Waals surface area contributed by atoms with E-state index in [1.165, 1.54) is 11.3 Å². The Balaban J connectivity index is 1.51. The third-order valence-electron chi connectivity index (χ3n) is 3.85. The molecule has 27 heavy (non-hydrogen) atoms. The van der Waals surface area contributed by atoms with Gasteiger partial charge in [-0.2, -0.15) is 0 Å². The number of ether oxygens (including phenoxy) is 1. The normalized spacial score (nSPS) is 11.1. The van der Waals surface area contributed by atoms with Crippen molar-refractivity contribution in [1.82, 2.24) is 4.98 Å². The Kier molecular flexibility index (Phi) is 5.76. The van der Waals surface area contributed by atoms with Gasteiger partial charge in [-0.3, -0.25) is 5.32 Å². The molecule has 1 heterocycles. The second kappa shape index (κ2) is 8.22. The van der Waals surface area contributed by atoms with E-state index in [1.54, 1.807) is 0 Å². The fourth-order valence-corrected chi connectivity index (χ4v) is 3.24. The van der Waals surface area contributed by atoms with Crippen molar-refractivity contribution < 1.29 is 9.53 Å². The topological polar surface area (TPSA) is 63.2 Å². The zero-order valence-corrected chi connectivity index (χ0v) is 16.5. The summed E-state index contributed by atoms with van der Waals surface area (Å²) in [6, 6.07) is 16.9. The number of nitrogens with zero attached hydrogens (tertiary/aromatic N) is 1. The van der Waals surface area contributed by atoms with Crippen LogP contribution in [0.3, 0.4) is 0 Å². The molecule has 0 saturated carbocycles. The van der Waals surface area contributed by atoms with E-state index in [1.807, 2.05) is 60.0 Å². The van der Waals surface area contributed by atoms with Gasteiger partial charge in [0, 0.05) is 16.5 Å². The fourth-order valence-electron chi connectivity index (χ4n) is 2.31. The third kappa shape index (κ3) is 5.56. The molecule has 6 heteroatoms. The molecule has 140 valence electrons. The number of urea groups is 1. The molecule has 0 aliphatic carbocycles. The van der Waals surface area contributed by atoms with Gasteiger partial charge in [-0.1, -0.05) is 51.1 Å². The van der Waals surface area contributed by atoms with Gasteiger partial charge in [-0.05, 0) is 29.8 Å². The molecule has 2 aromatic carbocycles. The smallest absolute Gasteiger partial charge is 0.325 e. The number of benzene rings is 2. The summed E-state index contributed by atoms with van der Waals surface area (Å²) < 4.78 is 5.75. The van der Waals surface area contributed by atoms with Crippen LogP contribution >= 0.6 is 11.3 Å². The molecule has 0 bridgehead atoms. The summed E-state index contributed by atoms with van der Waals surface area (Å²) in [5.41, 5.74) is 2.72. The Morgan fingerprint density at radius 2 is 1.74 bits per heavy atom. The SMILES string of the molecule is CC(C)(C)c1csc(NC(=O)Nc2ccc(OCc3ccccc3)cc2)n1. The van der Waals surface area contributed by atoms with E-state index in [9.17, 15) is 4.79 Å². The van der Waals surface area contributed by atoms with Gasteiger partial charge in [-0.15, -0.1) is 11.3 Å². The molecule has 0 aliphatic rings. The predicted molar refractivity (Wildman–Crippen MR) is 111 cm³/mol. The van der Waals surface area contributed by atoms with Gasteiger partial charge in [0.15, 0.2) is 5.13 Å². The van der Waals surface area contributed by atoms with Gasteiger partial charge in [0.05, 0.1) is 5.69 Å². The highest BCUT2D eigenvalue weighted by Crippen LogP contribution is 2.26. The average molecular weight is 382 g/mol. The van der Waals surface area contributed by atoms with Crippen molar-refractivity contribution in [1.29, 1.82) is 0 Å². The van der Waals surface area contributed by atoms with Gasteiger partial charge in [0.1, 0.15) is 12.4 Å². The quantitative estimate of drug-likeness (QED) is 0.599. The van der Waals surface area contributed by atoms with Gasteiger partial charge < -0.3 is 10.1 Å². The summed E-state index contributed by atoms with van der Waals surface area (Å²) in [5.74, 6) is 0.750. The van der Waals surface area contributed by atoms with Gasteiger partial charge in [0.2, 0.25) is 0 Å². The summed E-state index contributed by atoms with van der Waals surface area (Å²) in [7, 11) is 0. The van der Waals surface area contributed by atoms with Crippen LogP contribution in [0.4, 0.5) is 15.6 Å². The van der Waals surface area contributed by atoms with E-state index in [-0.39, 0.29) is 11.4 Å². The number of amides is 2. The Bertz CT molecular complexity index is 884. The second-order valence-electron chi connectivity index (χ2n) is 7.17. The lowest BCUT2D eigenvalue weighted by molar-refractivity contribution is 0.262. The molecule has 0 radical (unpaired) electrons. The predicted octanol–water partition coefficient (Wildman–Crippen LogP) is 5.66. The summed E-state index contributed by atoms with van der Waals surface area (Å²) in [6.45, 7) is 6.78. The fraction of sp³-hybridized carbons (Fsp3) is 0.238. The number of hydrogen-bond donors (Lipinski definition) is 2. The zero-order valence-electron chi connectivity index (χ0n) is 15.7. The molecule has 0 atom stereocenters. The lowest BCUT2D eigenvalue weighted by Gasteiger charge is -2.14. The third-order valence-corrected chi connectivity index (χ3v) is 4.61. The molecule has 2 N–H and O–H groups in total. The summed E-state index contributed by atoms with van der Waals surface area (Å²) >= 11 is 1.42. The van der Waals surface area contributed by atoms with Crippen molar-refractivity contribution in [2.75, 3.05) is 10.6 Å². The lowest BCUT2D eigenvalue weighted by atomic mass is 9.93. The highest BCUT2D eigenvalue weighted by atomic mass is 32.1. The monoisotopic (exact) mass is 381 g/mol. The second-order valence-corrected chi connectivity index (χ2v) is 8.02. The molecule has 0 aliphatic heterocycles. The van der Waals surface area contributed by atoms with Crippen LogP contribution in [0, 0.1) is 0 Å². The molecule has 3 aromatic rings. The van der Waals surface area contributed by atoms with Crippen LogP contribution in [0.5, 0.6) is 5.75 Å². The Morgan fingerprint density at radius 3 is 2.37 bits per heavy atom. The first kappa shape index (κ1) is 18.9. The number of anilines is 2. The number of aromatic nitrogens is 1. The minimum absolute atomic E-state index is 0.0392. The largest absolute Gasteiger partial charge is 0.489 e. The molecular weight excluding hydrogens is 358 g/mol. The van der Waals surface area contributed by atoms with Crippen molar-refractivity contribution in [3.8, 4) is 5.75 Å². The van der Waals surface area contributed by atoms with Crippen molar-refractivity contribution in [3.63, 3.8) is 0 Å². The minimum atomic E-state index is -0.317. The Morgan fingerprint density at radius 1 is 1.04 bits per heavy atom. The first-order chi connectivity index (χ1) is 12.9. The van der Waals surface area contributed by atoms with Crippen LogP contribution in [0.15, 0.2) is 60.0 Å². The maximum Gasteiger partial charge on any atom is 0.325 e. The van der Waals surface area contributed by atoms with E-state index >= 15 is 0 Å². The van der Waals surface area contributed by atoms with Crippen molar-refractivity contribution >= 4 is 28.2 Å². The van der Waals surface area contributed by atoms with E-state index in [4.69, 9.17) is 4.74 Å². The van der Waals surface area contributed by atoms with Crippen LogP contribution in [-0.4, -0.2) is 11.0 Å². The minimum Gasteiger partial charge on any atom is -0.489 e. The first-order valence-corrected chi connectivity index (χ1v) is 9.59. The standard InChI is InChI=1S/C21H23N3O2S/c1-21(2,3)18-14-27-20(23-18)24-19(25)22-16-9-11-17(12-10-16)26-13-15-7-5-4-6-8-15/h4-12,14H,13H2,1-3H3,(H2,22,23,24,25). The van der Waals surface area contributed by atoms with Crippen molar-refractivity contribution in [2.24, 2.45) is 0 Å². The van der Waals surface area contributed by atoms with Crippen molar-refractivity contribution in [2.45, 2.75) is 32.8 Å². The molecule has 0 spiro atoms. The van der Waals surface area contributed by atoms with E-state index in [2.05, 4.69) is 36.4 Å². The van der Waals surface area contributed by atoms with Crippen LogP contribution in [0.25, 0.3) is 0 Å². The van der Waals surface area contributed by atoms with Crippen LogP contribution in [0.1, 0.15) is 32.0 Å². The lowest BCUT2D eigenvalue weighted by Crippen LogP contribution is -2.19. The number of rotatable bonds is 5. The molecule has 0 unspecified atom stereocenters. The van der Waals surface area contributed by atoms with Gasteiger partial charge in [-0.25, -0.2) is 9.78 Å². The van der Waals surface area contributed by atoms with Gasteiger partial charge >= 0.3 is 6.03 Å². The Labute approximate surface area is 163 Å². The van der Waals surface area contributed by atoms with Crippen LogP contribution in [-0.2, 0) is 12.0 Å². The number of thiazole rings is 1. The van der Waals surface area contributed by atoms with Crippen LogP contribution in [0.2, 0.25) is 0 Å². The summed E-state index contributed by atoms with van der Waals surface area (Å²) in [5, 5.41) is 8.12. The molecular formula is C21H23N3O2S. The summed E-state index contributed by atoms with van der Waals surface area (Å²) in [6.07, 6.45) is 0. The zero-order chi connectivity index (χ0) is 19.3. The number of nitrogens with one attached hydrogen (secondary N) is 2. The average Bonchev–Trinajstić information content (AvgIpc) is 3.11. The molecule has 0 fully saturated rings. The highest BCUT2D eigenvalue weighted by Gasteiger charge is 2.18.